The van der Waals surface area contributed by atoms with E-state index in [9.17, 15) is 4.79 Å². The van der Waals surface area contributed by atoms with Crippen molar-refractivity contribution in [1.82, 2.24) is 19.8 Å². The van der Waals surface area contributed by atoms with Gasteiger partial charge in [-0.3, -0.25) is 4.79 Å². The molecule has 3 rings (SSSR count). The smallest absolute Gasteiger partial charge is 0.246 e. The number of aromatic nitrogens is 2. The molecule has 0 aliphatic heterocycles. The number of rotatable bonds is 9. The maximum absolute atomic E-state index is 12.6. The molecule has 3 aromatic rings. The first-order valence-corrected chi connectivity index (χ1v) is 10.6. The highest BCUT2D eigenvalue weighted by molar-refractivity contribution is 6.30. The molecule has 0 bridgehead atoms. The van der Waals surface area contributed by atoms with Crippen molar-refractivity contribution in [3.63, 3.8) is 0 Å². The Morgan fingerprint density at radius 2 is 1.90 bits per heavy atom. The van der Waals surface area contributed by atoms with Crippen LogP contribution in [0.25, 0.3) is 17.0 Å². The van der Waals surface area contributed by atoms with Crippen LogP contribution in [0, 0.1) is 0 Å². The van der Waals surface area contributed by atoms with Gasteiger partial charge in [0.15, 0.2) is 5.82 Å². The molecule has 6 nitrogen and oxygen atoms in total. The zero-order valence-corrected chi connectivity index (χ0v) is 18.9. The number of benzene rings is 2. The number of fused-ring (bicyclic) bond motifs is 1. The molecular formula is C24H28ClN5O. The van der Waals surface area contributed by atoms with Gasteiger partial charge in [0.2, 0.25) is 5.91 Å². The van der Waals surface area contributed by atoms with Gasteiger partial charge in [-0.1, -0.05) is 35.9 Å². The molecule has 0 saturated carbocycles. The Morgan fingerprint density at radius 3 is 2.68 bits per heavy atom. The van der Waals surface area contributed by atoms with Crippen molar-refractivity contribution in [2.45, 2.75) is 13.0 Å². The van der Waals surface area contributed by atoms with Gasteiger partial charge in [-0.2, -0.15) is 0 Å². The molecular weight excluding hydrogens is 410 g/mol. The van der Waals surface area contributed by atoms with Crippen LogP contribution in [0.2, 0.25) is 5.02 Å². The van der Waals surface area contributed by atoms with E-state index < -0.39 is 0 Å². The van der Waals surface area contributed by atoms with Crippen molar-refractivity contribution >= 4 is 40.3 Å². The van der Waals surface area contributed by atoms with E-state index in [4.69, 9.17) is 16.6 Å². The van der Waals surface area contributed by atoms with Crippen LogP contribution in [-0.4, -0.2) is 59.9 Å². The second-order valence-corrected chi connectivity index (χ2v) is 8.11. The number of anilines is 1. The molecule has 0 radical (unpaired) electrons. The number of carbonyl (C=O) groups is 1. The molecule has 0 aliphatic carbocycles. The highest BCUT2D eigenvalue weighted by Crippen LogP contribution is 2.20. The van der Waals surface area contributed by atoms with Crippen molar-refractivity contribution in [3.05, 3.63) is 71.0 Å². The van der Waals surface area contributed by atoms with E-state index in [1.54, 1.807) is 24.1 Å². The van der Waals surface area contributed by atoms with Gasteiger partial charge >= 0.3 is 0 Å². The molecule has 0 aliphatic rings. The quantitative estimate of drug-likeness (QED) is 0.399. The topological polar surface area (TPSA) is 61.4 Å². The normalized spacial score (nSPS) is 11.4. The lowest BCUT2D eigenvalue weighted by Crippen LogP contribution is -2.25. The van der Waals surface area contributed by atoms with Crippen molar-refractivity contribution in [1.29, 1.82) is 0 Å². The van der Waals surface area contributed by atoms with Gasteiger partial charge in [-0.25, -0.2) is 9.97 Å². The Labute approximate surface area is 188 Å². The third-order valence-corrected chi connectivity index (χ3v) is 4.98. The summed E-state index contributed by atoms with van der Waals surface area (Å²) in [7, 11) is 5.87. The number of halogens is 1. The summed E-state index contributed by atoms with van der Waals surface area (Å²) in [5.74, 6) is 1.27. The lowest BCUT2D eigenvalue weighted by molar-refractivity contribution is -0.125. The zero-order chi connectivity index (χ0) is 22.2. The zero-order valence-electron chi connectivity index (χ0n) is 18.2. The average Bonchev–Trinajstić information content (AvgIpc) is 2.74. The predicted molar refractivity (Wildman–Crippen MR) is 128 cm³/mol. The summed E-state index contributed by atoms with van der Waals surface area (Å²) in [6.45, 7) is 2.13. The molecule has 0 fully saturated rings. The number of amides is 1. The van der Waals surface area contributed by atoms with Crippen molar-refractivity contribution in [2.75, 3.05) is 39.5 Å². The van der Waals surface area contributed by atoms with Gasteiger partial charge < -0.3 is 15.1 Å². The summed E-state index contributed by atoms with van der Waals surface area (Å²) in [6, 6.07) is 15.3. The Balaban J connectivity index is 1.71. The maximum atomic E-state index is 12.6. The summed E-state index contributed by atoms with van der Waals surface area (Å²) in [5, 5.41) is 5.04. The van der Waals surface area contributed by atoms with Crippen LogP contribution in [-0.2, 0) is 11.3 Å². The first-order valence-electron chi connectivity index (χ1n) is 10.3. The number of hydrogen-bond donors (Lipinski definition) is 1. The van der Waals surface area contributed by atoms with Gasteiger partial charge in [0.05, 0.1) is 12.1 Å². The van der Waals surface area contributed by atoms with Crippen LogP contribution in [0.4, 0.5) is 5.82 Å². The van der Waals surface area contributed by atoms with E-state index in [2.05, 4.69) is 29.3 Å². The largest absolute Gasteiger partial charge is 0.369 e. The van der Waals surface area contributed by atoms with E-state index in [1.165, 1.54) is 6.08 Å². The highest BCUT2D eigenvalue weighted by atomic mass is 35.5. The van der Waals surface area contributed by atoms with Crippen molar-refractivity contribution in [2.24, 2.45) is 0 Å². The molecule has 31 heavy (non-hydrogen) atoms. The standard InChI is InChI=1S/C24H28ClN5O/c1-29(2)15-7-14-26-24-20-10-4-5-11-21(20)27-22(28-24)17-30(3)23(31)13-12-18-8-6-9-19(25)16-18/h4-6,8-13,16H,7,14-15,17H2,1-3H3,(H,26,27,28)/b13-12+. The summed E-state index contributed by atoms with van der Waals surface area (Å²) in [4.78, 5) is 25.7. The minimum absolute atomic E-state index is 0.128. The molecule has 0 saturated heterocycles. The molecule has 1 N–H and O–H groups in total. The molecule has 0 spiro atoms. The first kappa shape index (κ1) is 22.7. The van der Waals surface area contributed by atoms with Crippen LogP contribution >= 0.6 is 11.6 Å². The van der Waals surface area contributed by atoms with E-state index in [-0.39, 0.29) is 5.91 Å². The Kier molecular flexibility index (Phi) is 7.98. The van der Waals surface area contributed by atoms with Crippen molar-refractivity contribution in [3.8, 4) is 0 Å². The van der Waals surface area contributed by atoms with Crippen LogP contribution in [0.3, 0.4) is 0 Å². The summed E-state index contributed by atoms with van der Waals surface area (Å²) >= 11 is 6.00. The van der Waals surface area contributed by atoms with Crippen LogP contribution in [0.5, 0.6) is 0 Å². The molecule has 7 heteroatoms. The fraction of sp³-hybridized carbons (Fsp3) is 0.292. The highest BCUT2D eigenvalue weighted by Gasteiger charge is 2.12. The van der Waals surface area contributed by atoms with Crippen LogP contribution in [0.1, 0.15) is 17.8 Å². The van der Waals surface area contributed by atoms with Crippen LogP contribution in [0.15, 0.2) is 54.6 Å². The fourth-order valence-electron chi connectivity index (χ4n) is 3.13. The number of para-hydroxylation sites is 1. The van der Waals surface area contributed by atoms with E-state index >= 15 is 0 Å². The summed E-state index contributed by atoms with van der Waals surface area (Å²) in [6.07, 6.45) is 4.30. The lowest BCUT2D eigenvalue weighted by Gasteiger charge is -2.16. The molecule has 1 amide bonds. The van der Waals surface area contributed by atoms with Crippen molar-refractivity contribution < 1.29 is 4.79 Å². The van der Waals surface area contributed by atoms with Gasteiger partial charge in [0.1, 0.15) is 5.82 Å². The van der Waals surface area contributed by atoms with Gasteiger partial charge in [0.25, 0.3) is 0 Å². The third kappa shape index (κ3) is 6.77. The van der Waals surface area contributed by atoms with E-state index in [0.717, 1.165) is 41.8 Å². The molecule has 1 aromatic heterocycles. The third-order valence-electron chi connectivity index (χ3n) is 4.75. The minimum Gasteiger partial charge on any atom is -0.369 e. The number of nitrogens with one attached hydrogen (secondary N) is 1. The second kappa shape index (κ2) is 10.9. The summed E-state index contributed by atoms with van der Waals surface area (Å²) in [5.41, 5.74) is 1.73. The van der Waals surface area contributed by atoms with E-state index in [0.29, 0.717) is 17.4 Å². The molecule has 162 valence electrons. The number of likely N-dealkylation sites (N-methyl/N-ethyl adjacent to an activating group) is 1. The number of hydrogen-bond acceptors (Lipinski definition) is 5. The Hall–Kier alpha value is -2.96. The SMILES string of the molecule is CN(C)CCCNc1nc(CN(C)C(=O)/C=C/c2cccc(Cl)c2)nc2ccccc12. The lowest BCUT2D eigenvalue weighted by atomic mass is 10.2. The van der Waals surface area contributed by atoms with Gasteiger partial charge in [-0.05, 0) is 63.0 Å². The molecule has 0 atom stereocenters. The molecule has 2 aromatic carbocycles. The first-order chi connectivity index (χ1) is 14.9. The predicted octanol–water partition coefficient (Wildman–Crippen LogP) is 4.32. The Bertz CT molecular complexity index is 1070. The Morgan fingerprint density at radius 1 is 1.10 bits per heavy atom. The number of carbonyl (C=O) groups excluding carboxylic acids is 1. The minimum atomic E-state index is -0.128. The monoisotopic (exact) mass is 437 g/mol. The van der Waals surface area contributed by atoms with Gasteiger partial charge in [0, 0.05) is 30.1 Å². The molecule has 1 heterocycles. The second-order valence-electron chi connectivity index (χ2n) is 7.67. The summed E-state index contributed by atoms with van der Waals surface area (Å²) < 4.78 is 0. The number of nitrogens with zero attached hydrogens (tertiary/aromatic N) is 4. The van der Waals surface area contributed by atoms with E-state index in [1.807, 2.05) is 42.5 Å². The molecule has 0 unspecified atom stereocenters. The average molecular weight is 438 g/mol. The maximum Gasteiger partial charge on any atom is 0.246 e. The fourth-order valence-corrected chi connectivity index (χ4v) is 3.33. The van der Waals surface area contributed by atoms with Gasteiger partial charge in [-0.15, -0.1) is 0 Å². The van der Waals surface area contributed by atoms with Crippen LogP contribution < -0.4 is 5.32 Å².